The molecule has 0 aromatic heterocycles. The zero-order valence-corrected chi connectivity index (χ0v) is 7.60. The van der Waals surface area contributed by atoms with E-state index in [4.69, 9.17) is 25.8 Å². The molecule has 0 amide bonds. The summed E-state index contributed by atoms with van der Waals surface area (Å²) in [7, 11) is 0. The van der Waals surface area contributed by atoms with Gasteiger partial charge in [0.15, 0.2) is 0 Å². The van der Waals surface area contributed by atoms with Gasteiger partial charge in [0, 0.05) is 0 Å². The SMILES string of the molecule is CC1(C(=O)Cl)COCOCOC1. The first-order valence-corrected chi connectivity index (χ1v) is 3.96. The van der Waals surface area contributed by atoms with Crippen molar-refractivity contribution in [2.75, 3.05) is 26.8 Å². The van der Waals surface area contributed by atoms with E-state index in [2.05, 4.69) is 0 Å². The number of ether oxygens (including phenoxy) is 3. The van der Waals surface area contributed by atoms with Gasteiger partial charge in [0.2, 0.25) is 5.24 Å². The summed E-state index contributed by atoms with van der Waals surface area (Å²) in [5.74, 6) is 0. The van der Waals surface area contributed by atoms with Gasteiger partial charge >= 0.3 is 0 Å². The number of halogens is 1. The van der Waals surface area contributed by atoms with Gasteiger partial charge in [0.25, 0.3) is 0 Å². The predicted molar refractivity (Wildman–Crippen MR) is 41.7 cm³/mol. The molecule has 1 fully saturated rings. The van der Waals surface area contributed by atoms with Crippen molar-refractivity contribution >= 4 is 16.8 Å². The highest BCUT2D eigenvalue weighted by atomic mass is 35.5. The van der Waals surface area contributed by atoms with Gasteiger partial charge in [0.05, 0.1) is 18.6 Å². The Hall–Kier alpha value is -0.160. The molecule has 0 N–H and O–H groups in total. The Bertz CT molecular complexity index is 163. The second-order valence-electron chi connectivity index (χ2n) is 2.97. The molecule has 0 aliphatic carbocycles. The molecule has 1 aliphatic heterocycles. The Labute approximate surface area is 75.7 Å². The first-order chi connectivity index (χ1) is 5.65. The van der Waals surface area contributed by atoms with Crippen LogP contribution < -0.4 is 0 Å². The van der Waals surface area contributed by atoms with E-state index >= 15 is 0 Å². The summed E-state index contributed by atoms with van der Waals surface area (Å²) in [6, 6.07) is 0. The quantitative estimate of drug-likeness (QED) is 0.578. The molecule has 0 radical (unpaired) electrons. The number of rotatable bonds is 1. The van der Waals surface area contributed by atoms with Crippen molar-refractivity contribution in [3.8, 4) is 0 Å². The molecule has 1 aliphatic rings. The topological polar surface area (TPSA) is 44.8 Å². The number of carbonyl (C=O) groups is 1. The van der Waals surface area contributed by atoms with E-state index < -0.39 is 10.7 Å². The second kappa shape index (κ2) is 4.18. The van der Waals surface area contributed by atoms with Crippen LogP contribution >= 0.6 is 11.6 Å². The molecule has 4 nitrogen and oxygen atoms in total. The molecule has 1 rings (SSSR count). The van der Waals surface area contributed by atoms with Crippen LogP contribution in [0.1, 0.15) is 6.92 Å². The lowest BCUT2D eigenvalue weighted by Crippen LogP contribution is -2.37. The van der Waals surface area contributed by atoms with Crippen molar-refractivity contribution in [2.45, 2.75) is 6.92 Å². The van der Waals surface area contributed by atoms with E-state index in [0.717, 1.165) is 0 Å². The lowest BCUT2D eigenvalue weighted by atomic mass is 9.95. The zero-order chi connectivity index (χ0) is 9.03. The van der Waals surface area contributed by atoms with Gasteiger partial charge in [-0.3, -0.25) is 4.79 Å². The van der Waals surface area contributed by atoms with E-state index in [1.165, 1.54) is 0 Å². The normalized spacial score (nSPS) is 24.2. The van der Waals surface area contributed by atoms with Gasteiger partial charge in [-0.25, -0.2) is 0 Å². The summed E-state index contributed by atoms with van der Waals surface area (Å²) in [6.07, 6.45) is 0. The van der Waals surface area contributed by atoms with Crippen molar-refractivity contribution in [3.63, 3.8) is 0 Å². The van der Waals surface area contributed by atoms with Crippen molar-refractivity contribution in [2.24, 2.45) is 5.41 Å². The first-order valence-electron chi connectivity index (χ1n) is 3.58. The van der Waals surface area contributed by atoms with Crippen LogP contribution in [0.5, 0.6) is 0 Å². The Morgan fingerprint density at radius 1 is 1.25 bits per heavy atom. The third-order valence-electron chi connectivity index (χ3n) is 1.65. The molecule has 1 heterocycles. The van der Waals surface area contributed by atoms with Gasteiger partial charge < -0.3 is 14.2 Å². The van der Waals surface area contributed by atoms with Crippen molar-refractivity contribution in [1.82, 2.24) is 0 Å². The van der Waals surface area contributed by atoms with Crippen LogP contribution in [0.3, 0.4) is 0 Å². The summed E-state index contributed by atoms with van der Waals surface area (Å²) in [5, 5.41) is -0.440. The summed E-state index contributed by atoms with van der Waals surface area (Å²) in [6.45, 7) is 2.44. The van der Waals surface area contributed by atoms with Gasteiger partial charge in [0.1, 0.15) is 13.6 Å². The van der Waals surface area contributed by atoms with Crippen LogP contribution in [0.25, 0.3) is 0 Å². The smallest absolute Gasteiger partial charge is 0.232 e. The molecule has 0 aromatic rings. The minimum atomic E-state index is -0.745. The van der Waals surface area contributed by atoms with Gasteiger partial charge in [-0.05, 0) is 18.5 Å². The molecule has 1 saturated heterocycles. The molecule has 5 heteroatoms. The summed E-state index contributed by atoms with van der Waals surface area (Å²) >= 11 is 5.38. The minimum Gasteiger partial charge on any atom is -0.354 e. The maximum Gasteiger partial charge on any atom is 0.232 e. The second-order valence-corrected chi connectivity index (χ2v) is 3.31. The fourth-order valence-corrected chi connectivity index (χ4v) is 0.950. The molecule has 0 atom stereocenters. The molecule has 0 saturated carbocycles. The molecular formula is C7H11ClO4. The molecule has 12 heavy (non-hydrogen) atoms. The lowest BCUT2D eigenvalue weighted by molar-refractivity contribution is -0.186. The Morgan fingerprint density at radius 2 is 1.75 bits per heavy atom. The Kier molecular flexibility index (Phi) is 3.46. The third kappa shape index (κ3) is 2.42. The van der Waals surface area contributed by atoms with E-state index in [0.29, 0.717) is 0 Å². The minimum absolute atomic E-state index is 0.139. The van der Waals surface area contributed by atoms with Crippen LogP contribution in [0, 0.1) is 5.41 Å². The molecular weight excluding hydrogens is 184 g/mol. The highest BCUT2D eigenvalue weighted by Crippen LogP contribution is 2.22. The number of hydrogen-bond acceptors (Lipinski definition) is 4. The van der Waals surface area contributed by atoms with Crippen molar-refractivity contribution < 1.29 is 19.0 Å². The molecule has 0 bridgehead atoms. The highest BCUT2D eigenvalue weighted by molar-refractivity contribution is 6.64. The molecule has 0 spiro atoms. The largest absolute Gasteiger partial charge is 0.354 e. The zero-order valence-electron chi connectivity index (χ0n) is 6.84. The summed E-state index contributed by atoms with van der Waals surface area (Å²) in [4.78, 5) is 11.0. The molecule has 0 unspecified atom stereocenters. The lowest BCUT2D eigenvalue weighted by Gasteiger charge is -2.26. The number of hydrogen-bond donors (Lipinski definition) is 0. The van der Waals surface area contributed by atoms with Crippen LogP contribution in [-0.4, -0.2) is 32.0 Å². The maximum atomic E-state index is 11.0. The number of carbonyl (C=O) groups excluding carboxylic acids is 1. The average molecular weight is 195 g/mol. The monoisotopic (exact) mass is 194 g/mol. The predicted octanol–water partition coefficient (Wildman–Crippen LogP) is 0.737. The van der Waals surface area contributed by atoms with Crippen LogP contribution in [0.4, 0.5) is 0 Å². The van der Waals surface area contributed by atoms with E-state index in [-0.39, 0.29) is 26.8 Å². The van der Waals surface area contributed by atoms with Crippen LogP contribution in [0.15, 0.2) is 0 Å². The molecule has 70 valence electrons. The van der Waals surface area contributed by atoms with Gasteiger partial charge in [-0.2, -0.15) is 0 Å². The Balaban J connectivity index is 2.54. The van der Waals surface area contributed by atoms with Crippen LogP contribution in [0.2, 0.25) is 0 Å². The maximum absolute atomic E-state index is 11.0. The Morgan fingerprint density at radius 3 is 2.17 bits per heavy atom. The van der Waals surface area contributed by atoms with E-state index in [1.54, 1.807) is 6.92 Å². The van der Waals surface area contributed by atoms with Crippen molar-refractivity contribution in [1.29, 1.82) is 0 Å². The van der Waals surface area contributed by atoms with E-state index in [9.17, 15) is 4.79 Å². The summed E-state index contributed by atoms with van der Waals surface area (Å²) < 4.78 is 14.9. The fraction of sp³-hybridized carbons (Fsp3) is 0.857. The van der Waals surface area contributed by atoms with E-state index in [1.807, 2.05) is 0 Å². The third-order valence-corrected chi connectivity index (χ3v) is 2.11. The highest BCUT2D eigenvalue weighted by Gasteiger charge is 2.33. The first kappa shape index (κ1) is 9.92. The average Bonchev–Trinajstić information content (AvgIpc) is 1.97. The molecule has 0 aromatic carbocycles. The fourth-order valence-electron chi connectivity index (χ4n) is 0.841. The van der Waals surface area contributed by atoms with Crippen molar-refractivity contribution in [3.05, 3.63) is 0 Å². The standard InChI is InChI=1S/C7H11ClO4/c1-7(6(8)9)2-10-4-12-5-11-3-7/h2-5H2,1H3. The van der Waals surface area contributed by atoms with Crippen LogP contribution in [-0.2, 0) is 19.0 Å². The summed E-state index contributed by atoms with van der Waals surface area (Å²) in [5.41, 5.74) is -0.745. The van der Waals surface area contributed by atoms with Gasteiger partial charge in [-0.1, -0.05) is 0 Å². The van der Waals surface area contributed by atoms with Gasteiger partial charge in [-0.15, -0.1) is 0 Å².